The van der Waals surface area contributed by atoms with Crippen molar-refractivity contribution in [2.45, 2.75) is 6.92 Å². The monoisotopic (exact) mass is 349 g/mol. The SMILES string of the molecule is Cc1ccc(-c2ccccc2)cc1N(C)c1cccc(-c2ccccc2)c1. The molecule has 0 N–H and O–H groups in total. The van der Waals surface area contributed by atoms with E-state index in [-0.39, 0.29) is 0 Å². The second kappa shape index (κ2) is 7.51. The highest BCUT2D eigenvalue weighted by molar-refractivity contribution is 5.76. The Morgan fingerprint density at radius 3 is 1.70 bits per heavy atom. The highest BCUT2D eigenvalue weighted by atomic mass is 15.1. The largest absolute Gasteiger partial charge is 0.344 e. The van der Waals surface area contributed by atoms with E-state index in [4.69, 9.17) is 0 Å². The van der Waals surface area contributed by atoms with Crippen LogP contribution in [0.5, 0.6) is 0 Å². The molecule has 4 aromatic carbocycles. The average molecular weight is 349 g/mol. The molecular formula is C26H23N. The molecule has 132 valence electrons. The van der Waals surface area contributed by atoms with Crippen LogP contribution in [-0.4, -0.2) is 7.05 Å². The Morgan fingerprint density at radius 2 is 1.07 bits per heavy atom. The van der Waals surface area contributed by atoms with Crippen molar-refractivity contribution < 1.29 is 0 Å². The van der Waals surface area contributed by atoms with Gasteiger partial charge in [-0.05, 0) is 52.9 Å². The number of nitrogens with zero attached hydrogens (tertiary/aromatic N) is 1. The summed E-state index contributed by atoms with van der Waals surface area (Å²) in [7, 11) is 2.14. The first-order valence-corrected chi connectivity index (χ1v) is 9.28. The molecular weight excluding hydrogens is 326 g/mol. The van der Waals surface area contributed by atoms with Gasteiger partial charge in [0.25, 0.3) is 0 Å². The standard InChI is InChI=1S/C26H23N/c1-20-16-17-24(22-12-7-4-8-13-22)19-26(20)27(2)25-15-9-14-23(18-25)21-10-5-3-6-11-21/h3-19H,1-2H3. The highest BCUT2D eigenvalue weighted by Crippen LogP contribution is 2.33. The van der Waals surface area contributed by atoms with Gasteiger partial charge in [0.1, 0.15) is 0 Å². The fourth-order valence-corrected chi connectivity index (χ4v) is 3.44. The summed E-state index contributed by atoms with van der Waals surface area (Å²) in [5, 5.41) is 0. The van der Waals surface area contributed by atoms with Crippen molar-refractivity contribution in [2.75, 3.05) is 11.9 Å². The Bertz CT molecular complexity index is 1040. The zero-order valence-electron chi connectivity index (χ0n) is 15.8. The maximum atomic E-state index is 2.28. The number of aryl methyl sites for hydroxylation is 1. The van der Waals surface area contributed by atoms with E-state index in [2.05, 4.69) is 122 Å². The summed E-state index contributed by atoms with van der Waals surface area (Å²) in [5.41, 5.74) is 8.63. The number of benzene rings is 4. The van der Waals surface area contributed by atoms with E-state index in [1.807, 2.05) is 0 Å². The smallest absolute Gasteiger partial charge is 0.0444 e. The lowest BCUT2D eigenvalue weighted by Crippen LogP contribution is -2.11. The van der Waals surface area contributed by atoms with Gasteiger partial charge in [0, 0.05) is 18.4 Å². The Kier molecular flexibility index (Phi) is 4.76. The quantitative estimate of drug-likeness (QED) is 0.380. The molecule has 0 aromatic heterocycles. The fraction of sp³-hybridized carbons (Fsp3) is 0.0769. The molecule has 0 aliphatic carbocycles. The molecule has 4 rings (SSSR count). The van der Waals surface area contributed by atoms with Crippen molar-refractivity contribution in [1.82, 2.24) is 0 Å². The molecule has 27 heavy (non-hydrogen) atoms. The summed E-state index contributed by atoms with van der Waals surface area (Å²) < 4.78 is 0. The van der Waals surface area contributed by atoms with Crippen LogP contribution in [0.4, 0.5) is 11.4 Å². The van der Waals surface area contributed by atoms with Gasteiger partial charge in [-0.3, -0.25) is 0 Å². The normalized spacial score (nSPS) is 10.6. The topological polar surface area (TPSA) is 3.24 Å². The predicted molar refractivity (Wildman–Crippen MR) is 117 cm³/mol. The summed E-state index contributed by atoms with van der Waals surface area (Å²) in [6.07, 6.45) is 0. The Balaban J connectivity index is 1.72. The van der Waals surface area contributed by atoms with Crippen LogP contribution in [0.15, 0.2) is 103 Å². The van der Waals surface area contributed by atoms with Crippen molar-refractivity contribution in [1.29, 1.82) is 0 Å². The molecule has 0 saturated carbocycles. The molecule has 0 spiro atoms. The van der Waals surface area contributed by atoms with Crippen LogP contribution < -0.4 is 4.90 Å². The minimum Gasteiger partial charge on any atom is -0.344 e. The van der Waals surface area contributed by atoms with Gasteiger partial charge in [0.05, 0.1) is 0 Å². The number of anilines is 2. The summed E-state index contributed by atoms with van der Waals surface area (Å²) in [4.78, 5) is 2.27. The minimum absolute atomic E-state index is 1.18. The van der Waals surface area contributed by atoms with E-state index >= 15 is 0 Å². The summed E-state index contributed by atoms with van der Waals surface area (Å²) in [5.74, 6) is 0. The first-order valence-electron chi connectivity index (χ1n) is 9.28. The summed E-state index contributed by atoms with van der Waals surface area (Å²) >= 11 is 0. The van der Waals surface area contributed by atoms with Gasteiger partial charge in [-0.25, -0.2) is 0 Å². The van der Waals surface area contributed by atoms with Crippen LogP contribution >= 0.6 is 0 Å². The zero-order chi connectivity index (χ0) is 18.6. The molecule has 0 radical (unpaired) electrons. The summed E-state index contributed by atoms with van der Waals surface area (Å²) in [6, 6.07) is 36.5. The Labute approximate surface area is 161 Å². The second-order valence-corrected chi connectivity index (χ2v) is 6.84. The number of hydrogen-bond donors (Lipinski definition) is 0. The lowest BCUT2D eigenvalue weighted by atomic mass is 10.0. The van der Waals surface area contributed by atoms with Gasteiger partial charge in [0.2, 0.25) is 0 Å². The van der Waals surface area contributed by atoms with Crippen molar-refractivity contribution in [3.05, 3.63) is 109 Å². The van der Waals surface area contributed by atoms with Gasteiger partial charge in [-0.2, -0.15) is 0 Å². The van der Waals surface area contributed by atoms with Crippen LogP contribution in [0, 0.1) is 6.92 Å². The lowest BCUT2D eigenvalue weighted by molar-refractivity contribution is 1.19. The van der Waals surface area contributed by atoms with E-state index in [0.717, 1.165) is 0 Å². The van der Waals surface area contributed by atoms with E-state index in [1.54, 1.807) is 0 Å². The maximum Gasteiger partial charge on any atom is 0.0444 e. The molecule has 0 aliphatic rings. The first-order chi connectivity index (χ1) is 13.2. The molecule has 4 aromatic rings. The Hall–Kier alpha value is -3.32. The second-order valence-electron chi connectivity index (χ2n) is 6.84. The van der Waals surface area contributed by atoms with Crippen molar-refractivity contribution >= 4 is 11.4 Å². The maximum absolute atomic E-state index is 2.28. The van der Waals surface area contributed by atoms with Gasteiger partial charge in [-0.1, -0.05) is 84.9 Å². The molecule has 0 fully saturated rings. The molecule has 1 nitrogen and oxygen atoms in total. The molecule has 0 bridgehead atoms. The molecule has 0 aliphatic heterocycles. The average Bonchev–Trinajstić information content (AvgIpc) is 2.75. The van der Waals surface area contributed by atoms with Crippen molar-refractivity contribution in [3.63, 3.8) is 0 Å². The van der Waals surface area contributed by atoms with E-state index in [9.17, 15) is 0 Å². The number of hydrogen-bond acceptors (Lipinski definition) is 1. The molecule has 0 heterocycles. The van der Waals surface area contributed by atoms with E-state index in [0.29, 0.717) is 0 Å². The van der Waals surface area contributed by atoms with Crippen LogP contribution in [-0.2, 0) is 0 Å². The minimum atomic E-state index is 1.18. The van der Waals surface area contributed by atoms with Crippen LogP contribution in [0.25, 0.3) is 22.3 Å². The third kappa shape index (κ3) is 3.63. The van der Waals surface area contributed by atoms with Gasteiger partial charge in [0.15, 0.2) is 0 Å². The van der Waals surface area contributed by atoms with Crippen LogP contribution in [0.1, 0.15) is 5.56 Å². The van der Waals surface area contributed by atoms with Crippen molar-refractivity contribution in [2.24, 2.45) is 0 Å². The molecule has 0 atom stereocenters. The predicted octanol–water partition coefficient (Wildman–Crippen LogP) is 7.10. The van der Waals surface area contributed by atoms with E-state index in [1.165, 1.54) is 39.2 Å². The first kappa shape index (κ1) is 17.1. The fourth-order valence-electron chi connectivity index (χ4n) is 3.44. The Morgan fingerprint density at radius 1 is 0.519 bits per heavy atom. The third-order valence-electron chi connectivity index (χ3n) is 5.02. The molecule has 0 unspecified atom stereocenters. The molecule has 0 amide bonds. The lowest BCUT2D eigenvalue weighted by Gasteiger charge is -2.23. The van der Waals surface area contributed by atoms with Crippen molar-refractivity contribution in [3.8, 4) is 22.3 Å². The summed E-state index contributed by atoms with van der Waals surface area (Å²) in [6.45, 7) is 2.17. The highest BCUT2D eigenvalue weighted by Gasteiger charge is 2.10. The van der Waals surface area contributed by atoms with Gasteiger partial charge < -0.3 is 4.90 Å². The zero-order valence-corrected chi connectivity index (χ0v) is 15.8. The third-order valence-corrected chi connectivity index (χ3v) is 5.02. The molecule has 0 saturated heterocycles. The number of rotatable bonds is 4. The van der Waals surface area contributed by atoms with Gasteiger partial charge in [-0.15, -0.1) is 0 Å². The van der Waals surface area contributed by atoms with E-state index < -0.39 is 0 Å². The van der Waals surface area contributed by atoms with Gasteiger partial charge >= 0.3 is 0 Å². The van der Waals surface area contributed by atoms with Crippen LogP contribution in [0.3, 0.4) is 0 Å². The molecule has 1 heteroatoms. The van der Waals surface area contributed by atoms with Crippen LogP contribution in [0.2, 0.25) is 0 Å².